The first-order chi connectivity index (χ1) is 8.93. The highest BCUT2D eigenvalue weighted by atomic mass is 16.5. The highest BCUT2D eigenvalue weighted by molar-refractivity contribution is 5.46. The minimum Gasteiger partial charge on any atom is -0.496 e. The second kappa shape index (κ2) is 6.44. The summed E-state index contributed by atoms with van der Waals surface area (Å²) in [6.07, 6.45) is 0.783. The molecule has 0 unspecified atom stereocenters. The first-order valence-electron chi connectivity index (χ1n) is 6.31. The van der Waals surface area contributed by atoms with Gasteiger partial charge in [0, 0.05) is 6.54 Å². The van der Waals surface area contributed by atoms with Crippen molar-refractivity contribution in [2.24, 2.45) is 0 Å². The molecule has 104 valence electrons. The Bertz CT molecular complexity index is 476. The van der Waals surface area contributed by atoms with Gasteiger partial charge in [-0.3, -0.25) is 5.32 Å². The van der Waals surface area contributed by atoms with Gasteiger partial charge in [0.25, 0.3) is 0 Å². The predicted molar refractivity (Wildman–Crippen MR) is 75.7 cm³/mol. The van der Waals surface area contributed by atoms with Gasteiger partial charge in [0.15, 0.2) is 0 Å². The molecule has 0 radical (unpaired) electrons. The van der Waals surface area contributed by atoms with Crippen molar-refractivity contribution in [2.75, 3.05) is 20.8 Å². The topological polar surface area (TPSA) is 54.3 Å². The fourth-order valence-electron chi connectivity index (χ4n) is 1.86. The van der Waals surface area contributed by atoms with Gasteiger partial charge in [-0.25, -0.2) is 0 Å². The average Bonchev–Trinajstić information content (AvgIpc) is 2.39. The smallest absolute Gasteiger partial charge is 0.122 e. The molecule has 4 nitrogen and oxygen atoms in total. The number of hydrogen-bond donors (Lipinski definition) is 1. The molecule has 0 aliphatic rings. The van der Waals surface area contributed by atoms with Crippen LogP contribution in [0.4, 0.5) is 0 Å². The van der Waals surface area contributed by atoms with Crippen molar-refractivity contribution in [1.29, 1.82) is 5.26 Å². The van der Waals surface area contributed by atoms with Gasteiger partial charge in [0.05, 0.1) is 20.3 Å². The Balaban J connectivity index is 2.80. The number of nitriles is 1. The van der Waals surface area contributed by atoms with Crippen LogP contribution in [-0.2, 0) is 6.42 Å². The van der Waals surface area contributed by atoms with E-state index in [2.05, 4.69) is 11.4 Å². The van der Waals surface area contributed by atoms with Gasteiger partial charge < -0.3 is 9.47 Å². The summed E-state index contributed by atoms with van der Waals surface area (Å²) >= 11 is 0. The Morgan fingerprint density at radius 3 is 2.37 bits per heavy atom. The highest BCUT2D eigenvalue weighted by Crippen LogP contribution is 2.28. The van der Waals surface area contributed by atoms with E-state index in [0.29, 0.717) is 6.54 Å². The molecule has 0 spiro atoms. The number of benzene rings is 1. The zero-order chi connectivity index (χ0) is 14.5. The van der Waals surface area contributed by atoms with E-state index in [1.165, 1.54) is 0 Å². The van der Waals surface area contributed by atoms with Crippen molar-refractivity contribution < 1.29 is 9.47 Å². The standard InChI is InChI=1S/C15H22N2O2/c1-11-8-14(19-5)12(9-13(11)18-4)6-7-17-15(2,3)10-16/h8-9,17H,6-7H2,1-5H3. The maximum absolute atomic E-state index is 8.95. The fraction of sp³-hybridized carbons (Fsp3) is 0.533. The van der Waals surface area contributed by atoms with Gasteiger partial charge in [-0.2, -0.15) is 5.26 Å². The van der Waals surface area contributed by atoms with Crippen LogP contribution in [0.3, 0.4) is 0 Å². The van der Waals surface area contributed by atoms with E-state index in [1.54, 1.807) is 14.2 Å². The van der Waals surface area contributed by atoms with Crippen molar-refractivity contribution in [1.82, 2.24) is 5.32 Å². The number of methoxy groups -OCH3 is 2. The van der Waals surface area contributed by atoms with Crippen LogP contribution < -0.4 is 14.8 Å². The minimum absolute atomic E-state index is 0.512. The Kier molecular flexibility index (Phi) is 5.20. The number of aryl methyl sites for hydroxylation is 1. The molecule has 1 rings (SSSR count). The minimum atomic E-state index is -0.512. The van der Waals surface area contributed by atoms with Crippen LogP contribution in [0.15, 0.2) is 12.1 Å². The third-order valence-electron chi connectivity index (χ3n) is 3.04. The van der Waals surface area contributed by atoms with Crippen LogP contribution in [0.25, 0.3) is 0 Å². The number of rotatable bonds is 6. The molecule has 0 aliphatic carbocycles. The molecule has 0 atom stereocenters. The van der Waals surface area contributed by atoms with Gasteiger partial charge in [0.2, 0.25) is 0 Å². The molecular weight excluding hydrogens is 240 g/mol. The summed E-state index contributed by atoms with van der Waals surface area (Å²) < 4.78 is 10.7. The lowest BCUT2D eigenvalue weighted by Crippen LogP contribution is -2.38. The molecule has 4 heteroatoms. The summed E-state index contributed by atoms with van der Waals surface area (Å²) in [5.74, 6) is 1.71. The van der Waals surface area contributed by atoms with E-state index < -0.39 is 5.54 Å². The molecule has 19 heavy (non-hydrogen) atoms. The quantitative estimate of drug-likeness (QED) is 0.855. The largest absolute Gasteiger partial charge is 0.496 e. The Hall–Kier alpha value is -1.73. The van der Waals surface area contributed by atoms with Crippen molar-refractivity contribution in [3.05, 3.63) is 23.3 Å². The van der Waals surface area contributed by atoms with Crippen LogP contribution in [0.5, 0.6) is 11.5 Å². The predicted octanol–water partition coefficient (Wildman–Crippen LogP) is 2.45. The summed E-state index contributed by atoms with van der Waals surface area (Å²) in [5, 5.41) is 12.2. The van der Waals surface area contributed by atoms with Gasteiger partial charge in [-0.15, -0.1) is 0 Å². The molecule has 0 saturated carbocycles. The lowest BCUT2D eigenvalue weighted by molar-refractivity contribution is 0.394. The maximum atomic E-state index is 8.95. The first-order valence-corrected chi connectivity index (χ1v) is 6.31. The molecule has 1 aromatic carbocycles. The van der Waals surface area contributed by atoms with Crippen molar-refractivity contribution >= 4 is 0 Å². The Labute approximate surface area is 115 Å². The number of nitrogens with one attached hydrogen (secondary N) is 1. The lowest BCUT2D eigenvalue weighted by atomic mass is 10.0. The molecule has 1 N–H and O–H groups in total. The summed E-state index contributed by atoms with van der Waals surface area (Å²) in [6, 6.07) is 6.19. The molecular formula is C15H22N2O2. The normalized spacial score (nSPS) is 10.9. The van der Waals surface area contributed by atoms with E-state index in [4.69, 9.17) is 14.7 Å². The van der Waals surface area contributed by atoms with Crippen LogP contribution >= 0.6 is 0 Å². The van der Waals surface area contributed by atoms with Crippen LogP contribution in [0.1, 0.15) is 25.0 Å². The molecule has 0 heterocycles. The molecule has 0 saturated heterocycles. The second-order valence-corrected chi connectivity index (χ2v) is 5.05. The Morgan fingerprint density at radius 1 is 1.21 bits per heavy atom. The van der Waals surface area contributed by atoms with E-state index in [9.17, 15) is 0 Å². The highest BCUT2D eigenvalue weighted by Gasteiger charge is 2.15. The monoisotopic (exact) mass is 262 g/mol. The summed E-state index contributed by atoms with van der Waals surface area (Å²) in [4.78, 5) is 0. The molecule has 0 fully saturated rings. The lowest BCUT2D eigenvalue weighted by Gasteiger charge is -2.18. The zero-order valence-electron chi connectivity index (χ0n) is 12.3. The summed E-state index contributed by atoms with van der Waals surface area (Å²) in [7, 11) is 3.33. The van der Waals surface area contributed by atoms with E-state index in [1.807, 2.05) is 32.9 Å². The van der Waals surface area contributed by atoms with Gasteiger partial charge in [-0.1, -0.05) is 0 Å². The van der Waals surface area contributed by atoms with Crippen LogP contribution in [0.2, 0.25) is 0 Å². The molecule has 0 amide bonds. The van der Waals surface area contributed by atoms with Crippen molar-refractivity contribution in [2.45, 2.75) is 32.7 Å². The second-order valence-electron chi connectivity index (χ2n) is 5.05. The van der Waals surface area contributed by atoms with E-state index >= 15 is 0 Å². The molecule has 0 aliphatic heterocycles. The zero-order valence-corrected chi connectivity index (χ0v) is 12.3. The third kappa shape index (κ3) is 4.15. The molecule has 1 aromatic rings. The number of nitrogens with zero attached hydrogens (tertiary/aromatic N) is 1. The van der Waals surface area contributed by atoms with Crippen molar-refractivity contribution in [3.8, 4) is 17.6 Å². The van der Waals surface area contributed by atoms with Gasteiger partial charge in [-0.05, 0) is 50.5 Å². The van der Waals surface area contributed by atoms with Crippen LogP contribution in [0, 0.1) is 18.3 Å². The number of ether oxygens (including phenoxy) is 2. The maximum Gasteiger partial charge on any atom is 0.122 e. The fourth-order valence-corrected chi connectivity index (χ4v) is 1.86. The van der Waals surface area contributed by atoms with Gasteiger partial charge >= 0.3 is 0 Å². The third-order valence-corrected chi connectivity index (χ3v) is 3.04. The average molecular weight is 262 g/mol. The molecule has 0 bridgehead atoms. The van der Waals surface area contributed by atoms with E-state index in [0.717, 1.165) is 29.0 Å². The first kappa shape index (κ1) is 15.3. The Morgan fingerprint density at radius 2 is 1.84 bits per heavy atom. The van der Waals surface area contributed by atoms with E-state index in [-0.39, 0.29) is 0 Å². The summed E-state index contributed by atoms with van der Waals surface area (Å²) in [6.45, 7) is 6.42. The van der Waals surface area contributed by atoms with Crippen LogP contribution in [-0.4, -0.2) is 26.3 Å². The summed E-state index contributed by atoms with van der Waals surface area (Å²) in [5.41, 5.74) is 1.61. The van der Waals surface area contributed by atoms with Gasteiger partial charge in [0.1, 0.15) is 17.0 Å². The van der Waals surface area contributed by atoms with Crippen molar-refractivity contribution in [3.63, 3.8) is 0 Å². The SMILES string of the molecule is COc1cc(CCNC(C)(C)C#N)c(OC)cc1C. The molecule has 0 aromatic heterocycles. The number of hydrogen-bond acceptors (Lipinski definition) is 4.